The molecule has 1 saturated heterocycles. The van der Waals surface area contributed by atoms with Crippen LogP contribution >= 0.6 is 0 Å². The topological polar surface area (TPSA) is 89.2 Å². The number of ether oxygens (including phenoxy) is 1. The van der Waals surface area contributed by atoms with E-state index in [-0.39, 0.29) is 12.2 Å². The number of aromatic nitrogens is 5. The van der Waals surface area contributed by atoms with E-state index in [4.69, 9.17) is 14.7 Å². The summed E-state index contributed by atoms with van der Waals surface area (Å²) in [7, 11) is 1.87. The molecule has 27 heavy (non-hydrogen) atoms. The van der Waals surface area contributed by atoms with E-state index < -0.39 is 6.10 Å². The number of aryl methyl sites for hydroxylation is 2. The van der Waals surface area contributed by atoms with E-state index in [9.17, 15) is 5.11 Å². The zero-order valence-corrected chi connectivity index (χ0v) is 16.0. The van der Waals surface area contributed by atoms with E-state index >= 15 is 0 Å². The van der Waals surface area contributed by atoms with E-state index in [1.165, 1.54) is 0 Å². The van der Waals surface area contributed by atoms with E-state index in [0.29, 0.717) is 24.6 Å². The van der Waals surface area contributed by atoms with Gasteiger partial charge in [0.25, 0.3) is 0 Å². The fraction of sp³-hybridized carbons (Fsp3) is 0.474. The first-order valence-electron chi connectivity index (χ1n) is 9.15. The minimum Gasteiger partial charge on any atom is -0.388 e. The number of β-amino-alcohol motifs (C(OH)–C–C–N with tert-alkyl or cyclic N) is 1. The van der Waals surface area contributed by atoms with Crippen molar-refractivity contribution in [3.8, 4) is 11.5 Å². The molecule has 1 aliphatic heterocycles. The van der Waals surface area contributed by atoms with Crippen molar-refractivity contribution < 1.29 is 9.84 Å². The van der Waals surface area contributed by atoms with Gasteiger partial charge in [0, 0.05) is 26.3 Å². The Balaban J connectivity index is 1.82. The van der Waals surface area contributed by atoms with Crippen LogP contribution in [0.1, 0.15) is 19.5 Å². The van der Waals surface area contributed by atoms with Crippen molar-refractivity contribution in [3.05, 3.63) is 30.1 Å². The number of hydrogen-bond donors (Lipinski definition) is 1. The molecule has 1 aliphatic rings. The summed E-state index contributed by atoms with van der Waals surface area (Å²) in [6.45, 7) is 6.93. The summed E-state index contributed by atoms with van der Waals surface area (Å²) in [5.41, 5.74) is 2.31. The van der Waals surface area contributed by atoms with Crippen molar-refractivity contribution in [1.29, 1.82) is 0 Å². The monoisotopic (exact) mass is 368 g/mol. The van der Waals surface area contributed by atoms with Crippen LogP contribution < -0.4 is 4.90 Å². The summed E-state index contributed by atoms with van der Waals surface area (Å²) in [4.78, 5) is 15.9. The first kappa shape index (κ1) is 17.8. The molecule has 2 atom stereocenters. The van der Waals surface area contributed by atoms with Crippen molar-refractivity contribution in [2.75, 3.05) is 18.0 Å². The highest BCUT2D eigenvalue weighted by Crippen LogP contribution is 2.32. The summed E-state index contributed by atoms with van der Waals surface area (Å²) in [5.74, 6) is 1.31. The standard InChI is InChI=1S/C19H24N6O2/c1-11(2)27-15-10-25(9-14(15)26)19-16-12(3)23-24(4)18(16)21-17(22-19)13-7-5-6-8-20-13/h5-8,11,14-15,26H,9-10H2,1-4H3/t14-,15-/m1/s1. The molecule has 0 aliphatic carbocycles. The molecule has 4 heterocycles. The Morgan fingerprint density at radius 1 is 1.22 bits per heavy atom. The number of anilines is 1. The van der Waals surface area contributed by atoms with Gasteiger partial charge in [0.2, 0.25) is 0 Å². The molecule has 8 heteroatoms. The molecule has 142 valence electrons. The Bertz CT molecular complexity index is 956. The number of aliphatic hydroxyl groups excluding tert-OH is 1. The molecule has 0 saturated carbocycles. The van der Waals surface area contributed by atoms with Crippen molar-refractivity contribution >= 4 is 16.9 Å². The third-order valence-corrected chi connectivity index (χ3v) is 4.72. The first-order valence-corrected chi connectivity index (χ1v) is 9.15. The summed E-state index contributed by atoms with van der Waals surface area (Å²) in [6, 6.07) is 5.66. The molecule has 1 N–H and O–H groups in total. The number of pyridine rings is 1. The van der Waals surface area contributed by atoms with Crippen LogP contribution in [0, 0.1) is 6.92 Å². The highest BCUT2D eigenvalue weighted by molar-refractivity contribution is 5.91. The second-order valence-corrected chi connectivity index (χ2v) is 7.19. The van der Waals surface area contributed by atoms with E-state index in [1.54, 1.807) is 10.9 Å². The van der Waals surface area contributed by atoms with Crippen molar-refractivity contribution in [2.45, 2.75) is 39.1 Å². The first-order chi connectivity index (χ1) is 12.9. The molecule has 0 unspecified atom stereocenters. The molecule has 0 amide bonds. The van der Waals surface area contributed by atoms with E-state index in [0.717, 1.165) is 22.5 Å². The number of nitrogens with zero attached hydrogens (tertiary/aromatic N) is 6. The largest absolute Gasteiger partial charge is 0.388 e. The van der Waals surface area contributed by atoms with Crippen LogP contribution in [-0.2, 0) is 11.8 Å². The van der Waals surface area contributed by atoms with Gasteiger partial charge in [0.15, 0.2) is 11.5 Å². The molecule has 8 nitrogen and oxygen atoms in total. The molecular formula is C19H24N6O2. The lowest BCUT2D eigenvalue weighted by atomic mass is 10.2. The quantitative estimate of drug-likeness (QED) is 0.750. The zero-order valence-electron chi connectivity index (χ0n) is 16.0. The van der Waals surface area contributed by atoms with Gasteiger partial charge < -0.3 is 14.7 Å². The highest BCUT2D eigenvalue weighted by Gasteiger charge is 2.35. The molecule has 0 radical (unpaired) electrons. The minimum atomic E-state index is -0.562. The smallest absolute Gasteiger partial charge is 0.182 e. The Hall–Kier alpha value is -2.58. The van der Waals surface area contributed by atoms with Crippen LogP contribution in [0.5, 0.6) is 0 Å². The molecular weight excluding hydrogens is 344 g/mol. The van der Waals surface area contributed by atoms with Crippen LogP contribution in [0.25, 0.3) is 22.6 Å². The summed E-state index contributed by atoms with van der Waals surface area (Å²) in [5, 5.41) is 15.9. The fourth-order valence-corrected chi connectivity index (χ4v) is 3.57. The Morgan fingerprint density at radius 2 is 2.04 bits per heavy atom. The van der Waals surface area contributed by atoms with Crippen LogP contribution in [0.2, 0.25) is 0 Å². The van der Waals surface area contributed by atoms with Gasteiger partial charge in [-0.25, -0.2) is 9.97 Å². The van der Waals surface area contributed by atoms with Crippen molar-refractivity contribution in [3.63, 3.8) is 0 Å². The minimum absolute atomic E-state index is 0.0548. The lowest BCUT2D eigenvalue weighted by Gasteiger charge is -2.20. The predicted molar refractivity (Wildman–Crippen MR) is 103 cm³/mol. The average molecular weight is 368 g/mol. The maximum absolute atomic E-state index is 10.5. The SMILES string of the molecule is Cc1nn(C)c2nc(-c3ccccn3)nc(N3C[C@@H](O)[C@H](OC(C)C)C3)c12. The summed E-state index contributed by atoms with van der Waals surface area (Å²) < 4.78 is 7.63. The van der Waals surface area contributed by atoms with Crippen LogP contribution in [0.4, 0.5) is 5.82 Å². The van der Waals surface area contributed by atoms with Gasteiger partial charge in [-0.05, 0) is 32.9 Å². The fourth-order valence-electron chi connectivity index (χ4n) is 3.57. The molecule has 1 fully saturated rings. The molecule has 4 rings (SSSR count). The average Bonchev–Trinajstić information content (AvgIpc) is 3.14. The molecule has 0 spiro atoms. The number of hydrogen-bond acceptors (Lipinski definition) is 7. The van der Waals surface area contributed by atoms with Crippen LogP contribution in [0.15, 0.2) is 24.4 Å². The van der Waals surface area contributed by atoms with Crippen molar-refractivity contribution in [1.82, 2.24) is 24.7 Å². The second kappa shape index (κ2) is 6.86. The molecule has 0 bridgehead atoms. The predicted octanol–water partition coefficient (Wildman–Crippen LogP) is 1.71. The zero-order chi connectivity index (χ0) is 19.1. The third kappa shape index (κ3) is 3.26. The number of rotatable bonds is 4. The third-order valence-electron chi connectivity index (χ3n) is 4.72. The van der Waals surface area contributed by atoms with E-state index in [1.807, 2.05) is 46.0 Å². The normalized spacial score (nSPS) is 20.1. The highest BCUT2D eigenvalue weighted by atomic mass is 16.5. The van der Waals surface area contributed by atoms with Crippen LogP contribution in [-0.4, -0.2) is 61.2 Å². The number of fused-ring (bicyclic) bond motifs is 1. The summed E-state index contributed by atoms with van der Waals surface area (Å²) in [6.07, 6.45) is 0.973. The van der Waals surface area contributed by atoms with E-state index in [2.05, 4.69) is 15.0 Å². The lowest BCUT2D eigenvalue weighted by molar-refractivity contribution is -0.0386. The Labute approximate surface area is 157 Å². The van der Waals surface area contributed by atoms with Gasteiger partial charge >= 0.3 is 0 Å². The molecule has 3 aromatic heterocycles. The number of aliphatic hydroxyl groups is 1. The Kier molecular flexibility index (Phi) is 4.53. The summed E-state index contributed by atoms with van der Waals surface area (Å²) >= 11 is 0. The van der Waals surface area contributed by atoms with Crippen LogP contribution in [0.3, 0.4) is 0 Å². The van der Waals surface area contributed by atoms with Gasteiger partial charge in [0.05, 0.1) is 23.3 Å². The maximum Gasteiger partial charge on any atom is 0.182 e. The van der Waals surface area contributed by atoms with Crippen molar-refractivity contribution in [2.24, 2.45) is 7.05 Å². The molecule has 0 aromatic carbocycles. The van der Waals surface area contributed by atoms with Gasteiger partial charge in [-0.15, -0.1) is 0 Å². The van der Waals surface area contributed by atoms with Gasteiger partial charge in [-0.1, -0.05) is 6.07 Å². The lowest BCUT2D eigenvalue weighted by Crippen LogP contribution is -2.29. The molecule has 3 aromatic rings. The van der Waals surface area contributed by atoms with Gasteiger partial charge in [-0.2, -0.15) is 5.10 Å². The van der Waals surface area contributed by atoms with Gasteiger partial charge in [0.1, 0.15) is 17.6 Å². The Morgan fingerprint density at radius 3 is 2.74 bits per heavy atom. The maximum atomic E-state index is 10.5. The second-order valence-electron chi connectivity index (χ2n) is 7.19. The van der Waals surface area contributed by atoms with Gasteiger partial charge in [-0.3, -0.25) is 9.67 Å².